The van der Waals surface area contributed by atoms with Crippen LogP contribution in [0.2, 0.25) is 0 Å². The quantitative estimate of drug-likeness (QED) is 0.926. The van der Waals surface area contributed by atoms with Gasteiger partial charge in [-0.15, -0.1) is 16.4 Å². The fourth-order valence-electron chi connectivity index (χ4n) is 2.23. The van der Waals surface area contributed by atoms with E-state index in [2.05, 4.69) is 31.5 Å². The van der Waals surface area contributed by atoms with Crippen LogP contribution in [0.5, 0.6) is 0 Å². The van der Waals surface area contributed by atoms with Crippen LogP contribution in [0, 0.1) is 6.92 Å². The molecule has 1 fully saturated rings. The minimum Gasteiger partial charge on any atom is -0.479 e. The molecule has 0 saturated heterocycles. The molecule has 2 heterocycles. The largest absolute Gasteiger partial charge is 0.479 e. The van der Waals surface area contributed by atoms with Gasteiger partial charge in [0.15, 0.2) is 11.4 Å². The van der Waals surface area contributed by atoms with Crippen molar-refractivity contribution in [2.24, 2.45) is 0 Å². The average Bonchev–Trinajstić information content (AvgIpc) is 2.85. The first-order valence-electron chi connectivity index (χ1n) is 5.83. The molecule has 0 amide bonds. The van der Waals surface area contributed by atoms with Crippen LogP contribution >= 0.6 is 27.3 Å². The first kappa shape index (κ1) is 12.7. The topological polar surface area (TPSA) is 80.9 Å². The van der Waals surface area contributed by atoms with Crippen LogP contribution in [0.15, 0.2) is 9.85 Å². The van der Waals surface area contributed by atoms with Gasteiger partial charge in [0.2, 0.25) is 0 Å². The number of nitrogens with zero attached hydrogens (tertiary/aromatic N) is 4. The van der Waals surface area contributed by atoms with Crippen LogP contribution in [-0.4, -0.2) is 31.3 Å². The maximum Gasteiger partial charge on any atom is 0.331 e. The first-order valence-corrected chi connectivity index (χ1v) is 7.44. The van der Waals surface area contributed by atoms with E-state index < -0.39 is 11.5 Å². The summed E-state index contributed by atoms with van der Waals surface area (Å²) in [5.41, 5.74) is 0.121. The summed E-state index contributed by atoms with van der Waals surface area (Å²) in [4.78, 5) is 12.4. The summed E-state index contributed by atoms with van der Waals surface area (Å²) in [6.07, 6.45) is 2.04. The van der Waals surface area contributed by atoms with Gasteiger partial charge in [-0.2, -0.15) is 0 Å². The summed E-state index contributed by atoms with van der Waals surface area (Å²) in [5, 5.41) is 21.0. The molecular weight excluding hydrogens is 332 g/mol. The van der Waals surface area contributed by atoms with Crippen molar-refractivity contribution >= 4 is 33.2 Å². The summed E-state index contributed by atoms with van der Waals surface area (Å²) in [6.45, 7) is 1.98. The van der Waals surface area contributed by atoms with Crippen molar-refractivity contribution in [2.75, 3.05) is 0 Å². The van der Waals surface area contributed by atoms with Crippen molar-refractivity contribution in [3.63, 3.8) is 0 Å². The van der Waals surface area contributed by atoms with Crippen LogP contribution in [-0.2, 0) is 10.3 Å². The SMILES string of the molecule is Cc1cc(-c2nnnn2C2(C(=O)O)CCC2)sc1Br. The van der Waals surface area contributed by atoms with E-state index in [9.17, 15) is 9.90 Å². The van der Waals surface area contributed by atoms with E-state index in [1.54, 1.807) is 0 Å². The fourth-order valence-corrected chi connectivity index (χ4v) is 3.73. The number of aliphatic carboxylic acids is 1. The van der Waals surface area contributed by atoms with E-state index in [0.29, 0.717) is 18.7 Å². The number of halogens is 1. The Labute approximate surface area is 121 Å². The third-order valence-electron chi connectivity index (χ3n) is 3.53. The molecule has 2 aromatic rings. The Balaban J connectivity index is 2.10. The molecule has 1 saturated carbocycles. The van der Waals surface area contributed by atoms with Crippen molar-refractivity contribution in [1.29, 1.82) is 0 Å². The third-order valence-corrected chi connectivity index (χ3v) is 5.66. The lowest BCUT2D eigenvalue weighted by Gasteiger charge is -2.37. The second-order valence-corrected chi connectivity index (χ2v) is 7.04. The van der Waals surface area contributed by atoms with Crippen molar-refractivity contribution in [3.8, 4) is 10.7 Å². The van der Waals surface area contributed by atoms with Crippen molar-refractivity contribution in [2.45, 2.75) is 31.7 Å². The van der Waals surface area contributed by atoms with Gasteiger partial charge in [0.25, 0.3) is 0 Å². The average molecular weight is 343 g/mol. The lowest BCUT2D eigenvalue weighted by molar-refractivity contribution is -0.153. The predicted octanol–water partition coefficient (Wildman–Crippen LogP) is 2.44. The molecule has 6 nitrogen and oxygen atoms in total. The molecule has 100 valence electrons. The monoisotopic (exact) mass is 342 g/mol. The summed E-state index contributed by atoms with van der Waals surface area (Å²) < 4.78 is 2.48. The number of aromatic nitrogens is 4. The van der Waals surface area contributed by atoms with Crippen LogP contribution in [0.4, 0.5) is 0 Å². The summed E-state index contributed by atoms with van der Waals surface area (Å²) in [6, 6.07) is 1.96. The molecule has 0 unspecified atom stereocenters. The first-order chi connectivity index (χ1) is 9.04. The second-order valence-electron chi connectivity index (χ2n) is 4.67. The Morgan fingerprint density at radius 2 is 2.32 bits per heavy atom. The number of hydrogen-bond acceptors (Lipinski definition) is 5. The van der Waals surface area contributed by atoms with Crippen molar-refractivity contribution in [3.05, 3.63) is 15.4 Å². The zero-order chi connectivity index (χ0) is 13.6. The zero-order valence-electron chi connectivity index (χ0n) is 10.1. The van der Waals surface area contributed by atoms with E-state index in [4.69, 9.17) is 0 Å². The number of aryl methyl sites for hydroxylation is 1. The highest BCUT2D eigenvalue weighted by molar-refractivity contribution is 9.11. The number of thiophene rings is 1. The normalized spacial score (nSPS) is 17.2. The molecule has 0 aliphatic heterocycles. The molecule has 1 aliphatic rings. The van der Waals surface area contributed by atoms with E-state index in [1.165, 1.54) is 16.0 Å². The van der Waals surface area contributed by atoms with Crippen molar-refractivity contribution in [1.82, 2.24) is 20.2 Å². The molecule has 19 heavy (non-hydrogen) atoms. The summed E-state index contributed by atoms with van der Waals surface area (Å²) in [7, 11) is 0. The van der Waals surface area contributed by atoms with Gasteiger partial charge in [-0.1, -0.05) is 0 Å². The van der Waals surface area contributed by atoms with Crippen molar-refractivity contribution < 1.29 is 9.90 Å². The van der Waals surface area contributed by atoms with Crippen LogP contribution in [0.1, 0.15) is 24.8 Å². The van der Waals surface area contributed by atoms with Crippen LogP contribution < -0.4 is 0 Å². The Hall–Kier alpha value is -1.28. The van der Waals surface area contributed by atoms with Gasteiger partial charge in [0.05, 0.1) is 8.66 Å². The standard InChI is InChI=1S/C11H11BrN4O2S/c1-6-5-7(19-8(6)12)9-13-14-15-16(9)11(10(17)18)3-2-4-11/h5H,2-4H2,1H3,(H,17,18). The Morgan fingerprint density at radius 3 is 2.79 bits per heavy atom. The molecule has 0 atom stereocenters. The summed E-state index contributed by atoms with van der Waals surface area (Å²) >= 11 is 4.97. The number of carboxylic acid groups (broad SMARTS) is 1. The molecule has 8 heteroatoms. The highest BCUT2D eigenvalue weighted by Gasteiger charge is 2.49. The number of hydrogen-bond donors (Lipinski definition) is 1. The number of tetrazole rings is 1. The molecule has 3 rings (SSSR count). The molecule has 0 spiro atoms. The van der Waals surface area contributed by atoms with Gasteiger partial charge >= 0.3 is 5.97 Å². The van der Waals surface area contributed by atoms with E-state index in [-0.39, 0.29) is 0 Å². The van der Waals surface area contributed by atoms with Crippen LogP contribution in [0.3, 0.4) is 0 Å². The smallest absolute Gasteiger partial charge is 0.331 e. The minimum atomic E-state index is -0.969. The predicted molar refractivity (Wildman–Crippen MR) is 73.0 cm³/mol. The Kier molecular flexibility index (Phi) is 2.94. The lowest BCUT2D eigenvalue weighted by atomic mass is 9.77. The van der Waals surface area contributed by atoms with Gasteiger partial charge in [-0.25, -0.2) is 9.48 Å². The van der Waals surface area contributed by atoms with Gasteiger partial charge in [-0.05, 0) is 64.2 Å². The van der Waals surface area contributed by atoms with E-state index in [0.717, 1.165) is 20.6 Å². The summed E-state index contributed by atoms with van der Waals surface area (Å²) in [5.74, 6) is -0.333. The van der Waals surface area contributed by atoms with Gasteiger partial charge in [-0.3, -0.25) is 0 Å². The molecule has 0 radical (unpaired) electrons. The zero-order valence-corrected chi connectivity index (χ0v) is 12.5. The highest BCUT2D eigenvalue weighted by Crippen LogP contribution is 2.42. The maximum absolute atomic E-state index is 11.5. The third kappa shape index (κ3) is 1.81. The number of carbonyl (C=O) groups is 1. The van der Waals surface area contributed by atoms with Gasteiger partial charge in [0, 0.05) is 0 Å². The van der Waals surface area contributed by atoms with Gasteiger partial charge in [0.1, 0.15) is 0 Å². The fraction of sp³-hybridized carbons (Fsp3) is 0.455. The Bertz CT molecular complexity index is 627. The molecule has 0 bridgehead atoms. The lowest BCUT2D eigenvalue weighted by Crippen LogP contribution is -2.48. The van der Waals surface area contributed by atoms with E-state index in [1.807, 2.05) is 13.0 Å². The Morgan fingerprint density at radius 1 is 1.58 bits per heavy atom. The molecular formula is C11H11BrN4O2S. The molecule has 0 aromatic carbocycles. The van der Waals surface area contributed by atoms with Gasteiger partial charge < -0.3 is 5.11 Å². The van der Waals surface area contributed by atoms with Crippen LogP contribution in [0.25, 0.3) is 10.7 Å². The molecule has 1 aliphatic carbocycles. The number of carboxylic acids is 1. The number of rotatable bonds is 3. The van der Waals surface area contributed by atoms with E-state index >= 15 is 0 Å². The molecule has 1 N–H and O–H groups in total. The second kappa shape index (κ2) is 4.38. The molecule has 2 aromatic heterocycles. The minimum absolute atomic E-state index is 0.529. The maximum atomic E-state index is 11.5. The highest BCUT2D eigenvalue weighted by atomic mass is 79.9.